The predicted octanol–water partition coefficient (Wildman–Crippen LogP) is 3.15. The summed E-state index contributed by atoms with van der Waals surface area (Å²) in [4.78, 5) is 15.1. The minimum absolute atomic E-state index is 0.0937. The van der Waals surface area contributed by atoms with Crippen LogP contribution in [0.25, 0.3) is 11.0 Å². The van der Waals surface area contributed by atoms with E-state index in [-0.39, 0.29) is 34.7 Å². The number of para-hydroxylation sites is 2. The molecule has 0 aliphatic carbocycles. The molecule has 0 amide bonds. The molecule has 0 spiro atoms. The van der Waals surface area contributed by atoms with Crippen LogP contribution in [0.2, 0.25) is 5.02 Å². The van der Waals surface area contributed by atoms with Gasteiger partial charge in [-0.2, -0.15) is 4.31 Å². The van der Waals surface area contributed by atoms with Gasteiger partial charge in [-0.15, -0.1) is 0 Å². The van der Waals surface area contributed by atoms with Crippen LogP contribution in [0.4, 0.5) is 4.39 Å². The quantitative estimate of drug-likeness (QED) is 0.722. The number of benzene rings is 2. The Balaban J connectivity index is 1.58. The van der Waals surface area contributed by atoms with Crippen molar-refractivity contribution in [2.45, 2.75) is 23.8 Å². The Morgan fingerprint density at radius 2 is 1.81 bits per heavy atom. The van der Waals surface area contributed by atoms with Gasteiger partial charge in [0, 0.05) is 19.1 Å². The minimum Gasteiger partial charge on any atom is -0.306 e. The lowest BCUT2D eigenvalue weighted by molar-refractivity contribution is 0.274. The molecule has 142 valence electrons. The molecule has 6 nitrogen and oxygen atoms in total. The second-order valence-electron chi connectivity index (χ2n) is 6.53. The number of rotatable bonds is 3. The summed E-state index contributed by atoms with van der Waals surface area (Å²) < 4.78 is 41.9. The summed E-state index contributed by atoms with van der Waals surface area (Å²) in [6.07, 6.45) is 1.000. The Bertz CT molecular complexity index is 1160. The van der Waals surface area contributed by atoms with Crippen molar-refractivity contribution in [3.05, 3.63) is 63.8 Å². The monoisotopic (exact) mass is 409 g/mol. The average Bonchev–Trinajstić information content (AvgIpc) is 2.97. The molecule has 2 aromatic carbocycles. The fourth-order valence-electron chi connectivity index (χ4n) is 3.60. The number of aromatic nitrogens is 2. The molecule has 1 fully saturated rings. The van der Waals surface area contributed by atoms with E-state index in [1.807, 2.05) is 24.3 Å². The summed E-state index contributed by atoms with van der Waals surface area (Å²) in [6, 6.07) is 10.6. The van der Waals surface area contributed by atoms with E-state index in [0.29, 0.717) is 12.8 Å². The van der Waals surface area contributed by atoms with E-state index >= 15 is 0 Å². The van der Waals surface area contributed by atoms with Gasteiger partial charge in [0.15, 0.2) is 0 Å². The highest BCUT2D eigenvalue weighted by molar-refractivity contribution is 7.89. The lowest BCUT2D eigenvalue weighted by Crippen LogP contribution is -2.40. The van der Waals surface area contributed by atoms with Crippen LogP contribution in [0.1, 0.15) is 18.9 Å². The number of imidazole rings is 1. The first-order chi connectivity index (χ1) is 12.9. The van der Waals surface area contributed by atoms with Gasteiger partial charge in [-0.3, -0.25) is 4.57 Å². The van der Waals surface area contributed by atoms with E-state index < -0.39 is 15.8 Å². The Labute approximate surface area is 160 Å². The fraction of sp³-hybridized carbons (Fsp3) is 0.278. The number of hydrogen-bond acceptors (Lipinski definition) is 3. The van der Waals surface area contributed by atoms with Crippen LogP contribution in [0, 0.1) is 5.82 Å². The number of sulfonamides is 1. The maximum atomic E-state index is 13.2. The van der Waals surface area contributed by atoms with Gasteiger partial charge in [0.05, 0.1) is 16.1 Å². The molecular formula is C18H17ClFN3O3S. The number of piperidine rings is 1. The maximum Gasteiger partial charge on any atom is 0.326 e. The Morgan fingerprint density at radius 1 is 1.11 bits per heavy atom. The van der Waals surface area contributed by atoms with Crippen LogP contribution in [0.3, 0.4) is 0 Å². The van der Waals surface area contributed by atoms with Crippen LogP contribution in [0.5, 0.6) is 0 Å². The van der Waals surface area contributed by atoms with Crippen molar-refractivity contribution in [1.29, 1.82) is 0 Å². The lowest BCUT2D eigenvalue weighted by Gasteiger charge is -2.32. The molecule has 0 bridgehead atoms. The first-order valence-electron chi connectivity index (χ1n) is 8.52. The molecule has 2 heterocycles. The van der Waals surface area contributed by atoms with Crippen LogP contribution < -0.4 is 5.69 Å². The average molecular weight is 410 g/mol. The van der Waals surface area contributed by atoms with Crippen molar-refractivity contribution in [2.24, 2.45) is 0 Å². The molecule has 0 saturated carbocycles. The third-order valence-electron chi connectivity index (χ3n) is 4.92. The molecule has 0 atom stereocenters. The zero-order valence-corrected chi connectivity index (χ0v) is 15.8. The maximum absolute atomic E-state index is 13.2. The van der Waals surface area contributed by atoms with Gasteiger partial charge in [0.1, 0.15) is 10.7 Å². The number of aromatic amines is 1. The molecule has 1 saturated heterocycles. The SMILES string of the molecule is O=c1[nH]c2ccccc2n1C1CCN(S(=O)(=O)c2ccc(F)cc2Cl)CC1. The van der Waals surface area contributed by atoms with Gasteiger partial charge in [-0.05, 0) is 43.2 Å². The molecule has 27 heavy (non-hydrogen) atoms. The van der Waals surface area contributed by atoms with Gasteiger partial charge < -0.3 is 4.98 Å². The van der Waals surface area contributed by atoms with Crippen LogP contribution in [-0.4, -0.2) is 35.4 Å². The lowest BCUT2D eigenvalue weighted by atomic mass is 10.1. The summed E-state index contributed by atoms with van der Waals surface area (Å²) in [7, 11) is -3.81. The van der Waals surface area contributed by atoms with E-state index in [2.05, 4.69) is 4.98 Å². The Morgan fingerprint density at radius 3 is 2.52 bits per heavy atom. The van der Waals surface area contributed by atoms with E-state index in [1.54, 1.807) is 4.57 Å². The Hall–Kier alpha value is -2.16. The van der Waals surface area contributed by atoms with E-state index in [9.17, 15) is 17.6 Å². The number of nitrogens with zero attached hydrogens (tertiary/aromatic N) is 2. The van der Waals surface area contributed by atoms with Crippen LogP contribution in [-0.2, 0) is 10.0 Å². The summed E-state index contributed by atoms with van der Waals surface area (Å²) in [5.74, 6) is -0.587. The summed E-state index contributed by atoms with van der Waals surface area (Å²) >= 11 is 5.93. The number of nitrogens with one attached hydrogen (secondary N) is 1. The van der Waals surface area contributed by atoms with Gasteiger partial charge in [0.25, 0.3) is 0 Å². The second-order valence-corrected chi connectivity index (χ2v) is 8.84. The molecule has 0 unspecified atom stereocenters. The molecular weight excluding hydrogens is 393 g/mol. The van der Waals surface area contributed by atoms with Gasteiger partial charge >= 0.3 is 5.69 Å². The zero-order chi connectivity index (χ0) is 19.2. The molecule has 1 aromatic heterocycles. The van der Waals surface area contributed by atoms with Gasteiger partial charge in [-0.25, -0.2) is 17.6 Å². The molecule has 1 aliphatic heterocycles. The molecule has 9 heteroatoms. The number of halogens is 2. The Kier molecular flexibility index (Phi) is 4.57. The van der Waals surface area contributed by atoms with E-state index in [1.165, 1.54) is 10.4 Å². The highest BCUT2D eigenvalue weighted by Crippen LogP contribution is 2.31. The highest BCUT2D eigenvalue weighted by atomic mass is 35.5. The molecule has 0 radical (unpaired) electrons. The number of fused-ring (bicyclic) bond motifs is 1. The van der Waals surface area contributed by atoms with Crippen molar-refractivity contribution in [1.82, 2.24) is 13.9 Å². The largest absolute Gasteiger partial charge is 0.326 e. The van der Waals surface area contributed by atoms with E-state index in [0.717, 1.165) is 23.2 Å². The van der Waals surface area contributed by atoms with Crippen molar-refractivity contribution >= 4 is 32.7 Å². The second kappa shape index (κ2) is 6.78. The molecule has 1 aliphatic rings. The van der Waals surface area contributed by atoms with Crippen LogP contribution in [0.15, 0.2) is 52.2 Å². The molecule has 4 rings (SSSR count). The third kappa shape index (κ3) is 3.18. The number of hydrogen-bond donors (Lipinski definition) is 1. The molecule has 3 aromatic rings. The summed E-state index contributed by atoms with van der Waals surface area (Å²) in [5, 5.41) is -0.134. The smallest absolute Gasteiger partial charge is 0.306 e. The fourth-order valence-corrected chi connectivity index (χ4v) is 5.58. The minimum atomic E-state index is -3.81. The van der Waals surface area contributed by atoms with Crippen molar-refractivity contribution in [3.8, 4) is 0 Å². The predicted molar refractivity (Wildman–Crippen MR) is 101 cm³/mol. The zero-order valence-electron chi connectivity index (χ0n) is 14.2. The normalized spacial score (nSPS) is 16.8. The topological polar surface area (TPSA) is 75.2 Å². The standard InChI is InChI=1S/C18H17ClFN3O3S/c19-14-11-12(20)5-6-17(14)27(25,26)22-9-7-13(8-10-22)23-16-4-2-1-3-15(16)21-18(23)24/h1-6,11,13H,7-10H2,(H,21,24). The van der Waals surface area contributed by atoms with Crippen molar-refractivity contribution in [3.63, 3.8) is 0 Å². The first kappa shape index (κ1) is 18.2. The summed E-state index contributed by atoms with van der Waals surface area (Å²) in [6.45, 7) is 0.513. The third-order valence-corrected chi connectivity index (χ3v) is 7.31. The van der Waals surface area contributed by atoms with Crippen molar-refractivity contribution < 1.29 is 12.8 Å². The van der Waals surface area contributed by atoms with Crippen molar-refractivity contribution in [2.75, 3.05) is 13.1 Å². The highest BCUT2D eigenvalue weighted by Gasteiger charge is 2.32. The first-order valence-corrected chi connectivity index (χ1v) is 10.3. The van der Waals surface area contributed by atoms with Gasteiger partial charge in [0.2, 0.25) is 10.0 Å². The summed E-state index contributed by atoms with van der Waals surface area (Å²) in [5.41, 5.74) is 1.38. The number of H-pyrrole nitrogens is 1. The van der Waals surface area contributed by atoms with Crippen LogP contribution >= 0.6 is 11.6 Å². The van der Waals surface area contributed by atoms with E-state index in [4.69, 9.17) is 11.6 Å². The van der Waals surface area contributed by atoms with Gasteiger partial charge in [-0.1, -0.05) is 23.7 Å². The molecule has 1 N–H and O–H groups in total.